The number of methoxy groups -OCH3 is 3. The third kappa shape index (κ3) is 3.01. The van der Waals surface area contributed by atoms with Crippen molar-refractivity contribution < 1.29 is 23.8 Å². The van der Waals surface area contributed by atoms with Crippen molar-refractivity contribution >= 4 is 11.8 Å². The first kappa shape index (κ1) is 15.4. The van der Waals surface area contributed by atoms with Crippen LogP contribution in [0.5, 0.6) is 11.5 Å². The Hall–Kier alpha value is -2.04. The highest BCUT2D eigenvalue weighted by Gasteiger charge is 2.31. The van der Waals surface area contributed by atoms with Crippen LogP contribution in [-0.4, -0.2) is 33.1 Å². The number of rotatable bonds is 3. The summed E-state index contributed by atoms with van der Waals surface area (Å²) in [7, 11) is 4.39. The lowest BCUT2D eigenvalue weighted by molar-refractivity contribution is -0.143. The molecule has 0 saturated carbocycles. The second-order valence-electron chi connectivity index (χ2n) is 5.05. The van der Waals surface area contributed by atoms with Gasteiger partial charge in [-0.05, 0) is 37.0 Å². The van der Waals surface area contributed by atoms with E-state index in [1.165, 1.54) is 14.2 Å². The fourth-order valence-corrected chi connectivity index (χ4v) is 2.71. The van der Waals surface area contributed by atoms with Gasteiger partial charge in [0.1, 0.15) is 5.92 Å². The molecule has 0 bridgehead atoms. The molecule has 5 heteroatoms. The molecule has 0 aliphatic heterocycles. The highest BCUT2D eigenvalue weighted by atomic mass is 16.5. The van der Waals surface area contributed by atoms with Crippen LogP contribution in [0, 0.1) is 5.92 Å². The summed E-state index contributed by atoms with van der Waals surface area (Å²) in [5, 5.41) is 0. The van der Waals surface area contributed by atoms with E-state index in [1.807, 2.05) is 6.07 Å². The SMILES string of the molecule is COC(=O)C1CCCCc2cc(OC)c(OC)cc2C1=O. The maximum absolute atomic E-state index is 12.7. The van der Waals surface area contributed by atoms with Crippen LogP contribution >= 0.6 is 0 Å². The molecule has 1 atom stereocenters. The summed E-state index contributed by atoms with van der Waals surface area (Å²) in [6.45, 7) is 0. The molecule has 1 unspecified atom stereocenters. The van der Waals surface area contributed by atoms with Gasteiger partial charge in [-0.15, -0.1) is 0 Å². The number of esters is 1. The Morgan fingerprint density at radius 1 is 1.10 bits per heavy atom. The van der Waals surface area contributed by atoms with E-state index in [1.54, 1.807) is 13.2 Å². The second-order valence-corrected chi connectivity index (χ2v) is 5.05. The number of aryl methyl sites for hydroxylation is 1. The summed E-state index contributed by atoms with van der Waals surface area (Å²) in [4.78, 5) is 24.5. The molecule has 1 aromatic carbocycles. The molecule has 0 aromatic heterocycles. The van der Waals surface area contributed by atoms with Crippen LogP contribution in [0.4, 0.5) is 0 Å². The summed E-state index contributed by atoms with van der Waals surface area (Å²) >= 11 is 0. The summed E-state index contributed by atoms with van der Waals surface area (Å²) in [6.07, 6.45) is 3.05. The predicted molar refractivity (Wildman–Crippen MR) is 76.9 cm³/mol. The zero-order valence-electron chi connectivity index (χ0n) is 12.6. The Balaban J connectivity index is 2.49. The van der Waals surface area contributed by atoms with Crippen LogP contribution in [0.2, 0.25) is 0 Å². The van der Waals surface area contributed by atoms with Crippen molar-refractivity contribution in [2.75, 3.05) is 21.3 Å². The summed E-state index contributed by atoms with van der Waals surface area (Å²) in [5.74, 6) is -0.305. The van der Waals surface area contributed by atoms with E-state index in [0.717, 1.165) is 24.8 Å². The number of hydrogen-bond donors (Lipinski definition) is 0. The van der Waals surface area contributed by atoms with Gasteiger partial charge in [-0.1, -0.05) is 6.42 Å². The molecule has 5 nitrogen and oxygen atoms in total. The van der Waals surface area contributed by atoms with E-state index in [-0.39, 0.29) is 5.78 Å². The number of fused-ring (bicyclic) bond motifs is 1. The van der Waals surface area contributed by atoms with Crippen molar-refractivity contribution in [3.8, 4) is 11.5 Å². The Morgan fingerprint density at radius 3 is 2.38 bits per heavy atom. The molecular formula is C16H20O5. The van der Waals surface area contributed by atoms with Gasteiger partial charge >= 0.3 is 5.97 Å². The largest absolute Gasteiger partial charge is 0.493 e. The second kappa shape index (κ2) is 6.61. The van der Waals surface area contributed by atoms with Gasteiger partial charge in [0.15, 0.2) is 17.3 Å². The van der Waals surface area contributed by atoms with Gasteiger partial charge in [0.05, 0.1) is 21.3 Å². The Bertz CT molecular complexity index is 550. The van der Waals surface area contributed by atoms with Crippen LogP contribution in [0.15, 0.2) is 12.1 Å². The minimum atomic E-state index is -0.729. The standard InChI is InChI=1S/C16H20O5/c1-19-13-8-10-6-4-5-7-11(16(18)21-3)15(17)12(10)9-14(13)20-2/h8-9,11H,4-7H2,1-3H3. The highest BCUT2D eigenvalue weighted by molar-refractivity contribution is 6.09. The summed E-state index contributed by atoms with van der Waals surface area (Å²) < 4.78 is 15.3. The van der Waals surface area contributed by atoms with Crippen molar-refractivity contribution in [1.29, 1.82) is 0 Å². The van der Waals surface area contributed by atoms with Crippen LogP contribution in [0.25, 0.3) is 0 Å². The number of ether oxygens (including phenoxy) is 3. The van der Waals surface area contributed by atoms with Crippen molar-refractivity contribution in [2.24, 2.45) is 5.92 Å². The van der Waals surface area contributed by atoms with Gasteiger partial charge in [0.25, 0.3) is 0 Å². The third-order valence-corrected chi connectivity index (χ3v) is 3.87. The van der Waals surface area contributed by atoms with Crippen LogP contribution in [0.3, 0.4) is 0 Å². The van der Waals surface area contributed by atoms with Crippen LogP contribution < -0.4 is 9.47 Å². The van der Waals surface area contributed by atoms with Crippen molar-refractivity contribution in [3.63, 3.8) is 0 Å². The van der Waals surface area contributed by atoms with Crippen LogP contribution in [0.1, 0.15) is 35.2 Å². The molecule has 0 saturated heterocycles. The Labute approximate surface area is 124 Å². The lowest BCUT2D eigenvalue weighted by atomic mass is 9.85. The molecule has 114 valence electrons. The predicted octanol–water partition coefficient (Wildman–Crippen LogP) is 2.40. The average Bonchev–Trinajstić information content (AvgIpc) is 2.51. The van der Waals surface area contributed by atoms with Gasteiger partial charge in [-0.3, -0.25) is 9.59 Å². The maximum atomic E-state index is 12.7. The first-order valence-corrected chi connectivity index (χ1v) is 6.99. The molecule has 1 aliphatic carbocycles. The summed E-state index contributed by atoms with van der Waals surface area (Å²) in [5.41, 5.74) is 1.43. The molecule has 0 spiro atoms. The zero-order chi connectivity index (χ0) is 15.4. The first-order valence-electron chi connectivity index (χ1n) is 6.99. The topological polar surface area (TPSA) is 61.8 Å². The normalized spacial score (nSPS) is 18.2. The van der Waals surface area contributed by atoms with E-state index >= 15 is 0 Å². The van der Waals surface area contributed by atoms with Gasteiger partial charge in [-0.25, -0.2) is 0 Å². The average molecular weight is 292 g/mol. The molecule has 2 rings (SSSR count). The minimum absolute atomic E-state index is 0.197. The third-order valence-electron chi connectivity index (χ3n) is 3.87. The van der Waals surface area contributed by atoms with E-state index in [0.29, 0.717) is 23.5 Å². The highest BCUT2D eigenvalue weighted by Crippen LogP contribution is 2.34. The van der Waals surface area contributed by atoms with Crippen molar-refractivity contribution in [1.82, 2.24) is 0 Å². The molecule has 0 amide bonds. The molecule has 0 radical (unpaired) electrons. The van der Waals surface area contributed by atoms with Crippen molar-refractivity contribution in [3.05, 3.63) is 23.3 Å². The van der Waals surface area contributed by atoms with Gasteiger partial charge in [-0.2, -0.15) is 0 Å². The molecule has 0 N–H and O–H groups in total. The Kier molecular flexibility index (Phi) is 4.83. The Morgan fingerprint density at radius 2 is 1.76 bits per heavy atom. The number of carbonyl (C=O) groups is 2. The minimum Gasteiger partial charge on any atom is -0.493 e. The fourth-order valence-electron chi connectivity index (χ4n) is 2.71. The zero-order valence-corrected chi connectivity index (χ0v) is 12.6. The van der Waals surface area contributed by atoms with E-state index < -0.39 is 11.9 Å². The van der Waals surface area contributed by atoms with Crippen molar-refractivity contribution in [2.45, 2.75) is 25.7 Å². The summed E-state index contributed by atoms with van der Waals surface area (Å²) in [6, 6.07) is 3.49. The molecule has 21 heavy (non-hydrogen) atoms. The first-order chi connectivity index (χ1) is 10.1. The lowest BCUT2D eigenvalue weighted by Crippen LogP contribution is -2.27. The number of carbonyl (C=O) groups excluding carboxylic acids is 2. The molecular weight excluding hydrogens is 272 g/mol. The molecule has 0 fully saturated rings. The van der Waals surface area contributed by atoms with E-state index in [2.05, 4.69) is 0 Å². The molecule has 1 aliphatic rings. The van der Waals surface area contributed by atoms with E-state index in [4.69, 9.17) is 14.2 Å². The quantitative estimate of drug-likeness (QED) is 0.632. The molecule has 1 aromatic rings. The monoisotopic (exact) mass is 292 g/mol. The number of benzene rings is 1. The van der Waals surface area contributed by atoms with Gasteiger partial charge in [0, 0.05) is 5.56 Å². The molecule has 0 heterocycles. The van der Waals surface area contributed by atoms with Gasteiger partial charge < -0.3 is 14.2 Å². The fraction of sp³-hybridized carbons (Fsp3) is 0.500. The van der Waals surface area contributed by atoms with Gasteiger partial charge in [0.2, 0.25) is 0 Å². The lowest BCUT2D eigenvalue weighted by Gasteiger charge is -2.20. The smallest absolute Gasteiger partial charge is 0.316 e. The van der Waals surface area contributed by atoms with Crippen LogP contribution in [-0.2, 0) is 16.0 Å². The van der Waals surface area contributed by atoms with E-state index in [9.17, 15) is 9.59 Å². The number of ketones is 1. The number of Topliss-reactive ketones (excluding diaryl/α,β-unsaturated/α-hetero) is 1. The number of hydrogen-bond acceptors (Lipinski definition) is 5. The maximum Gasteiger partial charge on any atom is 0.316 e.